The second kappa shape index (κ2) is 13.7. The Bertz CT molecular complexity index is 1340. The zero-order valence-electron chi connectivity index (χ0n) is 24.0. The molecule has 0 bridgehead atoms. The van der Waals surface area contributed by atoms with Crippen LogP contribution in [0.5, 0.6) is 0 Å². The molecule has 0 spiro atoms. The molecule has 11 nitrogen and oxygen atoms in total. The molecule has 0 atom stereocenters. The highest BCUT2D eigenvalue weighted by molar-refractivity contribution is 6.14. The standard InChI is InChI=1S/C30H37N5O6/c1-29(2)11-18(22(17-33)26(36)37)20(15-31)23(13-29)34-9-7-5-6-8-10-35-24-14-30(3,4)12-19(21(24)16-32)25(27(38)39)28(40)41/h34-35H,5-14H2,1-4H3,(H,36,37)(H,38,39)(H,40,41)/b22-18+. The fraction of sp³-hybridized carbons (Fsp3) is 0.533. The Morgan fingerprint density at radius 1 is 0.683 bits per heavy atom. The summed E-state index contributed by atoms with van der Waals surface area (Å²) in [5, 5.41) is 63.6. The average Bonchev–Trinajstić information content (AvgIpc) is 2.84. The predicted molar refractivity (Wildman–Crippen MR) is 148 cm³/mol. The first-order valence-corrected chi connectivity index (χ1v) is 13.5. The number of carbonyl (C=O) groups is 3. The van der Waals surface area contributed by atoms with Crippen LogP contribution in [-0.4, -0.2) is 46.3 Å². The second-order valence-corrected chi connectivity index (χ2v) is 12.0. The summed E-state index contributed by atoms with van der Waals surface area (Å²) in [5.74, 6) is -4.48. The Labute approximate surface area is 240 Å². The van der Waals surface area contributed by atoms with Crippen molar-refractivity contribution in [3.8, 4) is 18.2 Å². The first-order chi connectivity index (χ1) is 19.2. The van der Waals surface area contributed by atoms with E-state index < -0.39 is 34.5 Å². The fourth-order valence-electron chi connectivity index (χ4n) is 5.43. The highest BCUT2D eigenvalue weighted by atomic mass is 16.4. The Hall–Kier alpha value is -4.56. The van der Waals surface area contributed by atoms with Gasteiger partial charge in [0.2, 0.25) is 0 Å². The Kier molecular flexibility index (Phi) is 10.9. The first kappa shape index (κ1) is 32.7. The quantitative estimate of drug-likeness (QED) is 0.0743. The molecular weight excluding hydrogens is 526 g/mol. The van der Waals surface area contributed by atoms with Gasteiger partial charge < -0.3 is 26.0 Å². The van der Waals surface area contributed by atoms with E-state index in [2.05, 4.69) is 16.7 Å². The van der Waals surface area contributed by atoms with Gasteiger partial charge in [0.15, 0.2) is 0 Å². The van der Waals surface area contributed by atoms with Gasteiger partial charge in [0.25, 0.3) is 0 Å². The van der Waals surface area contributed by atoms with Crippen molar-refractivity contribution in [1.82, 2.24) is 10.6 Å². The molecule has 218 valence electrons. The van der Waals surface area contributed by atoms with Crippen molar-refractivity contribution in [1.29, 1.82) is 15.8 Å². The molecule has 2 aliphatic rings. The number of carboxylic acid groups (broad SMARTS) is 3. The van der Waals surface area contributed by atoms with Crippen LogP contribution in [-0.2, 0) is 14.4 Å². The lowest BCUT2D eigenvalue weighted by Crippen LogP contribution is -2.30. The number of nitrogens with one attached hydrogen (secondary N) is 2. The normalized spacial score (nSPS) is 18.9. The van der Waals surface area contributed by atoms with Crippen LogP contribution >= 0.6 is 0 Å². The average molecular weight is 564 g/mol. The van der Waals surface area contributed by atoms with Gasteiger partial charge in [-0.05, 0) is 60.5 Å². The number of nitriles is 3. The molecule has 5 N–H and O–H groups in total. The molecule has 0 heterocycles. The summed E-state index contributed by atoms with van der Waals surface area (Å²) in [6.45, 7) is 8.85. The minimum atomic E-state index is -1.57. The number of aliphatic carboxylic acids is 3. The number of allylic oxidation sites excluding steroid dienone is 6. The highest BCUT2D eigenvalue weighted by Gasteiger charge is 2.36. The fourth-order valence-corrected chi connectivity index (χ4v) is 5.43. The van der Waals surface area contributed by atoms with Crippen LogP contribution in [0.3, 0.4) is 0 Å². The van der Waals surface area contributed by atoms with Gasteiger partial charge in [0.05, 0.1) is 11.1 Å². The maximum atomic E-state index is 11.6. The molecule has 0 fully saturated rings. The van der Waals surface area contributed by atoms with E-state index in [0.717, 1.165) is 25.7 Å². The molecule has 0 saturated heterocycles. The summed E-state index contributed by atoms with van der Waals surface area (Å²) >= 11 is 0. The first-order valence-electron chi connectivity index (χ1n) is 13.5. The van der Waals surface area contributed by atoms with Gasteiger partial charge in [0, 0.05) is 24.5 Å². The van der Waals surface area contributed by atoms with Crippen LogP contribution in [0.4, 0.5) is 0 Å². The summed E-state index contributed by atoms with van der Waals surface area (Å²) in [7, 11) is 0. The lowest BCUT2D eigenvalue weighted by molar-refractivity contribution is -0.140. The van der Waals surface area contributed by atoms with Crippen LogP contribution in [0.25, 0.3) is 0 Å². The van der Waals surface area contributed by atoms with Crippen LogP contribution in [0.2, 0.25) is 0 Å². The van der Waals surface area contributed by atoms with E-state index >= 15 is 0 Å². The number of nitrogens with zero attached hydrogens (tertiary/aromatic N) is 3. The summed E-state index contributed by atoms with van der Waals surface area (Å²) < 4.78 is 0. The number of hydrogen-bond acceptors (Lipinski definition) is 8. The number of carboxylic acids is 3. The van der Waals surface area contributed by atoms with E-state index in [-0.39, 0.29) is 34.1 Å². The third kappa shape index (κ3) is 8.46. The molecule has 41 heavy (non-hydrogen) atoms. The monoisotopic (exact) mass is 563 g/mol. The minimum absolute atomic E-state index is 0.0394. The van der Waals surface area contributed by atoms with Gasteiger partial charge in [-0.3, -0.25) is 0 Å². The number of rotatable bonds is 12. The van der Waals surface area contributed by atoms with E-state index in [1.807, 2.05) is 33.8 Å². The third-order valence-corrected chi connectivity index (χ3v) is 7.19. The maximum absolute atomic E-state index is 11.6. The molecular formula is C30H37N5O6. The molecule has 0 amide bonds. The SMILES string of the molecule is CC1(C)CC(NCCCCCCNC2=C(C#N)/C(=C(\C#N)C(=O)O)CC(C)(C)C2)=C(C#N)C(=C(C(=O)O)C(=O)O)C1. The van der Waals surface area contributed by atoms with E-state index in [4.69, 9.17) is 0 Å². The predicted octanol–water partition coefficient (Wildman–Crippen LogP) is 4.29. The van der Waals surface area contributed by atoms with Crippen LogP contribution in [0.1, 0.15) is 79.1 Å². The largest absolute Gasteiger partial charge is 0.477 e. The molecule has 0 aromatic rings. The summed E-state index contributed by atoms with van der Waals surface area (Å²) in [4.78, 5) is 34.8. The highest BCUT2D eigenvalue weighted by Crippen LogP contribution is 2.43. The molecule has 0 aromatic carbocycles. The van der Waals surface area contributed by atoms with Crippen molar-refractivity contribution in [3.63, 3.8) is 0 Å². The molecule has 0 saturated carbocycles. The van der Waals surface area contributed by atoms with Crippen LogP contribution < -0.4 is 10.6 Å². The number of hydrogen-bond donors (Lipinski definition) is 5. The Balaban J connectivity index is 2.00. The van der Waals surface area contributed by atoms with Crippen LogP contribution in [0, 0.1) is 44.8 Å². The Morgan fingerprint density at radius 3 is 1.46 bits per heavy atom. The van der Waals surface area contributed by atoms with Gasteiger partial charge in [-0.15, -0.1) is 0 Å². The van der Waals surface area contributed by atoms with Gasteiger partial charge in [-0.2, -0.15) is 15.8 Å². The summed E-state index contributed by atoms with van der Waals surface area (Å²) in [6, 6.07) is 5.83. The summed E-state index contributed by atoms with van der Waals surface area (Å²) in [5.41, 5.74) is -0.0798. The van der Waals surface area contributed by atoms with Crippen molar-refractivity contribution in [2.45, 2.75) is 79.1 Å². The minimum Gasteiger partial charge on any atom is -0.477 e. The lowest BCUT2D eigenvalue weighted by atomic mass is 9.72. The van der Waals surface area contributed by atoms with Crippen molar-refractivity contribution >= 4 is 17.9 Å². The molecule has 11 heteroatoms. The maximum Gasteiger partial charge on any atom is 0.346 e. The van der Waals surface area contributed by atoms with E-state index in [9.17, 15) is 45.5 Å². The van der Waals surface area contributed by atoms with E-state index in [1.165, 1.54) is 0 Å². The molecule has 2 rings (SSSR count). The van der Waals surface area contributed by atoms with Gasteiger partial charge in [0.1, 0.15) is 29.4 Å². The van der Waals surface area contributed by atoms with Crippen LogP contribution in [0.15, 0.2) is 44.8 Å². The van der Waals surface area contributed by atoms with Gasteiger partial charge >= 0.3 is 17.9 Å². The topological polar surface area (TPSA) is 207 Å². The third-order valence-electron chi connectivity index (χ3n) is 7.19. The zero-order valence-corrected chi connectivity index (χ0v) is 24.0. The van der Waals surface area contributed by atoms with Crippen molar-refractivity contribution < 1.29 is 29.7 Å². The molecule has 0 unspecified atom stereocenters. The van der Waals surface area contributed by atoms with Crippen molar-refractivity contribution in [2.75, 3.05) is 13.1 Å². The van der Waals surface area contributed by atoms with E-state index in [0.29, 0.717) is 43.7 Å². The van der Waals surface area contributed by atoms with Gasteiger partial charge in [-0.25, -0.2) is 14.4 Å². The van der Waals surface area contributed by atoms with Crippen molar-refractivity contribution in [3.05, 3.63) is 44.8 Å². The van der Waals surface area contributed by atoms with Crippen molar-refractivity contribution in [2.24, 2.45) is 10.8 Å². The second-order valence-electron chi connectivity index (χ2n) is 12.0. The molecule has 0 radical (unpaired) electrons. The zero-order chi connectivity index (χ0) is 31.0. The molecule has 0 aromatic heterocycles. The lowest BCUT2D eigenvalue weighted by Gasteiger charge is -2.34. The molecule has 2 aliphatic carbocycles. The smallest absolute Gasteiger partial charge is 0.346 e. The Morgan fingerprint density at radius 2 is 1.10 bits per heavy atom. The summed E-state index contributed by atoms with van der Waals surface area (Å²) in [6.07, 6.45) is 4.83. The number of unbranched alkanes of at least 4 members (excludes halogenated alkanes) is 3. The van der Waals surface area contributed by atoms with E-state index in [1.54, 1.807) is 6.07 Å². The van der Waals surface area contributed by atoms with Gasteiger partial charge in [-0.1, -0.05) is 40.5 Å². The molecule has 0 aliphatic heterocycles.